The number of nitrogens with one attached hydrogen (secondary N) is 2. The van der Waals surface area contributed by atoms with Crippen molar-refractivity contribution in [3.63, 3.8) is 0 Å². The van der Waals surface area contributed by atoms with Gasteiger partial charge in [0.05, 0.1) is 5.69 Å². The van der Waals surface area contributed by atoms with Crippen LogP contribution in [0.2, 0.25) is 0 Å². The van der Waals surface area contributed by atoms with Crippen LogP contribution in [-0.4, -0.2) is 24.0 Å². The minimum atomic E-state index is 0.193. The van der Waals surface area contributed by atoms with Crippen LogP contribution in [0.5, 0.6) is 0 Å². The first-order valence-corrected chi connectivity index (χ1v) is 9.34. The minimum Gasteiger partial charge on any atom is -0.444 e. The van der Waals surface area contributed by atoms with E-state index in [-0.39, 0.29) is 5.41 Å². The SMILES string of the molecule is CCNC(=NCc1nc(C)c(C)o1)NCCc1ccc(C(C)(C)C)cc1. The van der Waals surface area contributed by atoms with Crippen LogP contribution in [-0.2, 0) is 18.4 Å². The average molecular weight is 357 g/mol. The summed E-state index contributed by atoms with van der Waals surface area (Å²) in [5.74, 6) is 2.29. The highest BCUT2D eigenvalue weighted by atomic mass is 16.4. The van der Waals surface area contributed by atoms with Gasteiger partial charge in [-0.1, -0.05) is 45.0 Å². The topological polar surface area (TPSA) is 62.5 Å². The van der Waals surface area contributed by atoms with Gasteiger partial charge in [-0.2, -0.15) is 0 Å². The van der Waals surface area contributed by atoms with E-state index >= 15 is 0 Å². The number of aromatic nitrogens is 1. The van der Waals surface area contributed by atoms with E-state index in [0.29, 0.717) is 12.4 Å². The maximum absolute atomic E-state index is 5.58. The van der Waals surface area contributed by atoms with E-state index in [1.54, 1.807) is 0 Å². The monoisotopic (exact) mass is 356 g/mol. The molecule has 1 aromatic heterocycles. The van der Waals surface area contributed by atoms with E-state index in [1.165, 1.54) is 11.1 Å². The van der Waals surface area contributed by atoms with Crippen molar-refractivity contribution in [1.82, 2.24) is 15.6 Å². The molecule has 2 aromatic rings. The van der Waals surface area contributed by atoms with Gasteiger partial charge in [-0.25, -0.2) is 9.98 Å². The fourth-order valence-corrected chi connectivity index (χ4v) is 2.59. The largest absolute Gasteiger partial charge is 0.444 e. The molecular weight excluding hydrogens is 324 g/mol. The summed E-state index contributed by atoms with van der Waals surface area (Å²) in [6, 6.07) is 8.87. The number of aliphatic imine (C=N–C) groups is 1. The highest BCUT2D eigenvalue weighted by Crippen LogP contribution is 2.22. The molecule has 0 aliphatic carbocycles. The Morgan fingerprint density at radius 3 is 2.35 bits per heavy atom. The molecule has 0 radical (unpaired) electrons. The predicted octanol–water partition coefficient (Wildman–Crippen LogP) is 3.89. The van der Waals surface area contributed by atoms with E-state index in [4.69, 9.17) is 4.42 Å². The van der Waals surface area contributed by atoms with Crippen LogP contribution in [0.25, 0.3) is 0 Å². The van der Waals surface area contributed by atoms with Crippen LogP contribution in [0.4, 0.5) is 0 Å². The van der Waals surface area contributed by atoms with E-state index < -0.39 is 0 Å². The highest BCUT2D eigenvalue weighted by molar-refractivity contribution is 5.79. The molecule has 0 amide bonds. The summed E-state index contributed by atoms with van der Waals surface area (Å²) < 4.78 is 5.58. The summed E-state index contributed by atoms with van der Waals surface area (Å²) in [6.45, 7) is 14.7. The third kappa shape index (κ3) is 5.90. The van der Waals surface area contributed by atoms with Crippen molar-refractivity contribution in [1.29, 1.82) is 0 Å². The van der Waals surface area contributed by atoms with E-state index in [9.17, 15) is 0 Å². The lowest BCUT2D eigenvalue weighted by atomic mass is 9.86. The number of benzene rings is 1. The van der Waals surface area contributed by atoms with Crippen molar-refractivity contribution in [3.05, 3.63) is 52.7 Å². The van der Waals surface area contributed by atoms with Gasteiger partial charge < -0.3 is 15.1 Å². The van der Waals surface area contributed by atoms with Gasteiger partial charge in [0.2, 0.25) is 5.89 Å². The lowest BCUT2D eigenvalue weighted by Gasteiger charge is -2.19. The summed E-state index contributed by atoms with van der Waals surface area (Å²) >= 11 is 0. The van der Waals surface area contributed by atoms with Crippen molar-refractivity contribution >= 4 is 5.96 Å². The van der Waals surface area contributed by atoms with Crippen LogP contribution in [0.15, 0.2) is 33.7 Å². The number of hydrogen-bond acceptors (Lipinski definition) is 3. The van der Waals surface area contributed by atoms with Gasteiger partial charge in [0.25, 0.3) is 0 Å². The number of rotatable bonds is 6. The Morgan fingerprint density at radius 2 is 1.81 bits per heavy atom. The molecule has 0 bridgehead atoms. The zero-order valence-corrected chi connectivity index (χ0v) is 16.9. The molecule has 1 heterocycles. The van der Waals surface area contributed by atoms with Gasteiger partial charge in [-0.05, 0) is 43.7 Å². The van der Waals surface area contributed by atoms with Gasteiger partial charge in [0.1, 0.15) is 12.3 Å². The summed E-state index contributed by atoms with van der Waals surface area (Å²) in [7, 11) is 0. The van der Waals surface area contributed by atoms with E-state index in [1.807, 2.05) is 13.8 Å². The summed E-state index contributed by atoms with van der Waals surface area (Å²) in [4.78, 5) is 8.92. The van der Waals surface area contributed by atoms with Crippen LogP contribution in [0.1, 0.15) is 56.2 Å². The molecule has 0 atom stereocenters. The Balaban J connectivity index is 1.88. The normalized spacial score (nSPS) is 12.3. The first-order chi connectivity index (χ1) is 12.3. The smallest absolute Gasteiger partial charge is 0.216 e. The lowest BCUT2D eigenvalue weighted by Crippen LogP contribution is -2.38. The van der Waals surface area contributed by atoms with Gasteiger partial charge in [-0.3, -0.25) is 0 Å². The molecule has 0 fully saturated rings. The van der Waals surface area contributed by atoms with Gasteiger partial charge in [0.15, 0.2) is 5.96 Å². The molecule has 26 heavy (non-hydrogen) atoms. The molecule has 0 saturated heterocycles. The van der Waals surface area contributed by atoms with Crippen molar-refractivity contribution in [2.75, 3.05) is 13.1 Å². The molecule has 0 spiro atoms. The van der Waals surface area contributed by atoms with Crippen LogP contribution in [0, 0.1) is 13.8 Å². The molecule has 0 aliphatic heterocycles. The average Bonchev–Trinajstić information content (AvgIpc) is 2.90. The first-order valence-electron chi connectivity index (χ1n) is 9.34. The Morgan fingerprint density at radius 1 is 1.12 bits per heavy atom. The fraction of sp³-hybridized carbons (Fsp3) is 0.524. The lowest BCUT2D eigenvalue weighted by molar-refractivity contribution is 0.473. The van der Waals surface area contributed by atoms with Gasteiger partial charge in [0, 0.05) is 13.1 Å². The van der Waals surface area contributed by atoms with Crippen molar-refractivity contribution in [2.45, 2.75) is 59.9 Å². The van der Waals surface area contributed by atoms with Gasteiger partial charge >= 0.3 is 0 Å². The van der Waals surface area contributed by atoms with Gasteiger partial charge in [-0.15, -0.1) is 0 Å². The molecule has 0 saturated carbocycles. The second-order valence-corrected chi connectivity index (χ2v) is 7.57. The molecule has 0 aliphatic rings. The number of hydrogen-bond donors (Lipinski definition) is 2. The number of nitrogens with zero attached hydrogens (tertiary/aromatic N) is 2. The molecule has 5 nitrogen and oxygen atoms in total. The molecule has 142 valence electrons. The third-order valence-electron chi connectivity index (χ3n) is 4.32. The zero-order chi connectivity index (χ0) is 19.2. The standard InChI is InChI=1S/C21H32N4O/c1-7-22-20(24-14-19-25-15(2)16(3)26-19)23-13-12-17-8-10-18(11-9-17)21(4,5)6/h8-11H,7,12-14H2,1-6H3,(H2,22,23,24). The molecule has 1 aromatic carbocycles. The Labute approximate surface area is 157 Å². The number of aryl methyl sites for hydroxylation is 2. The molecule has 5 heteroatoms. The second-order valence-electron chi connectivity index (χ2n) is 7.57. The van der Waals surface area contributed by atoms with E-state index in [2.05, 4.69) is 72.6 Å². The molecule has 2 N–H and O–H groups in total. The summed E-state index contributed by atoms with van der Waals surface area (Å²) in [5, 5.41) is 6.63. The minimum absolute atomic E-state index is 0.193. The molecule has 0 unspecified atom stereocenters. The van der Waals surface area contributed by atoms with Crippen molar-refractivity contribution in [3.8, 4) is 0 Å². The highest BCUT2D eigenvalue weighted by Gasteiger charge is 2.12. The number of guanidine groups is 1. The van der Waals surface area contributed by atoms with Crippen molar-refractivity contribution < 1.29 is 4.42 Å². The molecular formula is C21H32N4O. The van der Waals surface area contributed by atoms with Crippen LogP contribution >= 0.6 is 0 Å². The number of oxazole rings is 1. The Kier molecular flexibility index (Phi) is 6.83. The van der Waals surface area contributed by atoms with E-state index in [0.717, 1.165) is 36.9 Å². The van der Waals surface area contributed by atoms with Crippen molar-refractivity contribution in [2.24, 2.45) is 4.99 Å². The molecule has 2 rings (SSSR count). The Hall–Kier alpha value is -2.30. The second kappa shape index (κ2) is 8.88. The summed E-state index contributed by atoms with van der Waals surface area (Å²) in [6.07, 6.45) is 0.950. The fourth-order valence-electron chi connectivity index (χ4n) is 2.59. The predicted molar refractivity (Wildman–Crippen MR) is 108 cm³/mol. The van der Waals surface area contributed by atoms with Crippen LogP contribution < -0.4 is 10.6 Å². The maximum Gasteiger partial charge on any atom is 0.216 e. The first kappa shape index (κ1) is 20.0. The third-order valence-corrected chi connectivity index (χ3v) is 4.32. The van der Waals surface area contributed by atoms with Crippen LogP contribution in [0.3, 0.4) is 0 Å². The summed E-state index contributed by atoms with van der Waals surface area (Å²) in [5.41, 5.74) is 3.80. The maximum atomic E-state index is 5.58. The quantitative estimate of drug-likeness (QED) is 0.609. The zero-order valence-electron chi connectivity index (χ0n) is 16.9. The Bertz CT molecular complexity index is 704.